The van der Waals surface area contributed by atoms with E-state index in [2.05, 4.69) is 4.89 Å². The lowest BCUT2D eigenvalue weighted by Crippen LogP contribution is -2.17. The summed E-state index contributed by atoms with van der Waals surface area (Å²) in [7, 11) is 0. The molecule has 0 aliphatic heterocycles. The Kier molecular flexibility index (Phi) is 5.68. The molecule has 1 N–H and O–H groups in total. The molecule has 0 aliphatic rings. The van der Waals surface area contributed by atoms with Crippen LogP contribution in [0.2, 0.25) is 0 Å². The number of carbonyl (C=O) groups is 1. The summed E-state index contributed by atoms with van der Waals surface area (Å²) in [6, 6.07) is 8.33. The van der Waals surface area contributed by atoms with Gasteiger partial charge in [0, 0.05) is 0 Å². The standard InChI is InChI=1S/C13H15NO4/c1-2-5-11(15)8-13(16)18-17-12-7-4-3-6-10(12)9-14/h3-4,6-7,11,15H,2,5,8H2,1H3. The van der Waals surface area contributed by atoms with E-state index in [1.165, 1.54) is 6.07 Å². The van der Waals surface area contributed by atoms with Crippen molar-refractivity contribution in [1.82, 2.24) is 0 Å². The van der Waals surface area contributed by atoms with Crippen molar-refractivity contribution in [2.45, 2.75) is 32.3 Å². The lowest BCUT2D eigenvalue weighted by atomic mass is 10.1. The monoisotopic (exact) mass is 249 g/mol. The first-order chi connectivity index (χ1) is 8.67. The molecule has 1 rings (SSSR count). The van der Waals surface area contributed by atoms with Gasteiger partial charge in [-0.15, -0.1) is 0 Å². The fourth-order valence-electron chi connectivity index (χ4n) is 1.38. The predicted molar refractivity (Wildman–Crippen MR) is 63.4 cm³/mol. The van der Waals surface area contributed by atoms with Crippen molar-refractivity contribution in [3.63, 3.8) is 0 Å². The number of para-hydroxylation sites is 1. The highest BCUT2D eigenvalue weighted by Gasteiger charge is 2.13. The second-order valence-corrected chi connectivity index (χ2v) is 3.79. The molecule has 1 atom stereocenters. The number of carbonyl (C=O) groups excluding carboxylic acids is 1. The number of aliphatic hydroxyl groups is 1. The molecule has 5 nitrogen and oxygen atoms in total. The minimum absolute atomic E-state index is 0.122. The van der Waals surface area contributed by atoms with Crippen LogP contribution in [0.25, 0.3) is 0 Å². The molecule has 0 radical (unpaired) electrons. The Morgan fingerprint density at radius 3 is 2.89 bits per heavy atom. The molecular formula is C13H15NO4. The lowest BCUT2D eigenvalue weighted by molar-refractivity contribution is -0.215. The van der Waals surface area contributed by atoms with Gasteiger partial charge in [0.1, 0.15) is 6.07 Å². The molecule has 0 fully saturated rings. The molecule has 0 aromatic heterocycles. The minimum atomic E-state index is -0.725. The van der Waals surface area contributed by atoms with Gasteiger partial charge in [0.2, 0.25) is 0 Å². The van der Waals surface area contributed by atoms with Gasteiger partial charge in [0.05, 0.1) is 18.1 Å². The average Bonchev–Trinajstić information content (AvgIpc) is 2.37. The summed E-state index contributed by atoms with van der Waals surface area (Å²) >= 11 is 0. The highest BCUT2D eigenvalue weighted by molar-refractivity contribution is 5.69. The van der Waals surface area contributed by atoms with Gasteiger partial charge in [-0.25, -0.2) is 4.79 Å². The summed E-state index contributed by atoms with van der Waals surface area (Å²) in [6.45, 7) is 1.91. The number of rotatable bonds is 6. The molecule has 0 aliphatic carbocycles. The number of benzene rings is 1. The molecule has 0 heterocycles. The predicted octanol–water partition coefficient (Wildman–Crippen LogP) is 1.95. The number of hydrogen-bond acceptors (Lipinski definition) is 5. The topological polar surface area (TPSA) is 79.6 Å². The molecule has 0 bridgehead atoms. The van der Waals surface area contributed by atoms with E-state index in [1.54, 1.807) is 18.2 Å². The van der Waals surface area contributed by atoms with Crippen molar-refractivity contribution < 1.29 is 19.7 Å². The van der Waals surface area contributed by atoms with E-state index in [4.69, 9.17) is 10.1 Å². The van der Waals surface area contributed by atoms with Crippen LogP contribution in [0, 0.1) is 11.3 Å². The van der Waals surface area contributed by atoms with Crippen LogP contribution in [0.3, 0.4) is 0 Å². The van der Waals surface area contributed by atoms with Crippen molar-refractivity contribution in [1.29, 1.82) is 5.26 Å². The molecule has 0 spiro atoms. The maximum Gasteiger partial charge on any atom is 0.358 e. The summed E-state index contributed by atoms with van der Waals surface area (Å²) < 4.78 is 0. The largest absolute Gasteiger partial charge is 0.393 e. The zero-order chi connectivity index (χ0) is 13.4. The second-order valence-electron chi connectivity index (χ2n) is 3.79. The van der Waals surface area contributed by atoms with Gasteiger partial charge in [-0.05, 0) is 18.6 Å². The summed E-state index contributed by atoms with van der Waals surface area (Å²) in [5.41, 5.74) is 0.277. The molecule has 0 saturated heterocycles. The Morgan fingerprint density at radius 2 is 2.22 bits per heavy atom. The van der Waals surface area contributed by atoms with E-state index in [1.807, 2.05) is 13.0 Å². The van der Waals surface area contributed by atoms with Gasteiger partial charge < -0.3 is 5.11 Å². The Morgan fingerprint density at radius 1 is 1.50 bits per heavy atom. The summed E-state index contributed by atoms with van der Waals surface area (Å²) in [5, 5.41) is 18.2. The summed E-state index contributed by atoms with van der Waals surface area (Å²) in [4.78, 5) is 20.6. The number of aliphatic hydroxyl groups excluding tert-OH is 1. The first-order valence-electron chi connectivity index (χ1n) is 5.72. The quantitative estimate of drug-likeness (QED) is 0.615. The van der Waals surface area contributed by atoms with Crippen LogP contribution in [0.15, 0.2) is 24.3 Å². The van der Waals surface area contributed by atoms with Crippen LogP contribution in [0.1, 0.15) is 31.7 Å². The number of nitrogens with zero attached hydrogens (tertiary/aromatic N) is 1. The molecule has 0 amide bonds. The third kappa shape index (κ3) is 4.44. The fraction of sp³-hybridized carbons (Fsp3) is 0.385. The van der Waals surface area contributed by atoms with Gasteiger partial charge in [-0.2, -0.15) is 5.26 Å². The summed E-state index contributed by atoms with van der Waals surface area (Å²) in [5.74, 6) is -0.484. The van der Waals surface area contributed by atoms with Crippen molar-refractivity contribution in [2.75, 3.05) is 0 Å². The van der Waals surface area contributed by atoms with E-state index >= 15 is 0 Å². The molecule has 96 valence electrons. The van der Waals surface area contributed by atoms with Crippen molar-refractivity contribution in [3.8, 4) is 11.8 Å². The second kappa shape index (κ2) is 7.30. The fourth-order valence-corrected chi connectivity index (χ4v) is 1.38. The highest BCUT2D eigenvalue weighted by atomic mass is 17.2. The van der Waals surface area contributed by atoms with Crippen molar-refractivity contribution in [3.05, 3.63) is 29.8 Å². The highest BCUT2D eigenvalue weighted by Crippen LogP contribution is 2.17. The van der Waals surface area contributed by atoms with E-state index < -0.39 is 12.1 Å². The van der Waals surface area contributed by atoms with Crippen LogP contribution in [-0.2, 0) is 9.68 Å². The number of nitriles is 1. The van der Waals surface area contributed by atoms with Crippen LogP contribution in [0.5, 0.6) is 5.75 Å². The van der Waals surface area contributed by atoms with Crippen LogP contribution < -0.4 is 4.89 Å². The molecule has 1 aromatic rings. The van der Waals surface area contributed by atoms with Gasteiger partial charge in [0.25, 0.3) is 0 Å². The summed E-state index contributed by atoms with van der Waals surface area (Å²) in [6.07, 6.45) is 0.469. The third-order valence-electron chi connectivity index (χ3n) is 2.26. The van der Waals surface area contributed by atoms with Gasteiger partial charge in [-0.3, -0.25) is 9.78 Å². The normalized spacial score (nSPS) is 11.4. The molecule has 0 saturated carbocycles. The molecular weight excluding hydrogens is 234 g/mol. The lowest BCUT2D eigenvalue weighted by Gasteiger charge is -2.08. The van der Waals surface area contributed by atoms with E-state index in [9.17, 15) is 9.90 Å². The van der Waals surface area contributed by atoms with Crippen LogP contribution >= 0.6 is 0 Å². The van der Waals surface area contributed by atoms with E-state index in [0.717, 1.165) is 6.42 Å². The van der Waals surface area contributed by atoms with Crippen molar-refractivity contribution in [2.24, 2.45) is 0 Å². The average molecular weight is 249 g/mol. The van der Waals surface area contributed by atoms with Gasteiger partial charge in [-0.1, -0.05) is 25.5 Å². The van der Waals surface area contributed by atoms with Crippen LogP contribution in [0.4, 0.5) is 0 Å². The maximum absolute atomic E-state index is 11.3. The Bertz CT molecular complexity index is 439. The molecule has 5 heteroatoms. The zero-order valence-corrected chi connectivity index (χ0v) is 10.1. The van der Waals surface area contributed by atoms with Crippen LogP contribution in [-0.4, -0.2) is 17.2 Å². The molecule has 1 aromatic carbocycles. The van der Waals surface area contributed by atoms with E-state index in [-0.39, 0.29) is 17.7 Å². The van der Waals surface area contributed by atoms with Crippen molar-refractivity contribution >= 4 is 5.97 Å². The Balaban J connectivity index is 2.45. The smallest absolute Gasteiger partial charge is 0.358 e. The molecule has 18 heavy (non-hydrogen) atoms. The number of hydrogen-bond donors (Lipinski definition) is 1. The van der Waals surface area contributed by atoms with E-state index in [0.29, 0.717) is 6.42 Å². The third-order valence-corrected chi connectivity index (χ3v) is 2.26. The first kappa shape index (κ1) is 14.0. The SMILES string of the molecule is CCCC(O)CC(=O)OOc1ccccc1C#N. The Hall–Kier alpha value is -2.06. The minimum Gasteiger partial charge on any atom is -0.393 e. The molecule has 1 unspecified atom stereocenters. The van der Waals surface area contributed by atoms with Gasteiger partial charge >= 0.3 is 5.97 Å². The Labute approximate surface area is 105 Å². The van der Waals surface area contributed by atoms with Gasteiger partial charge in [0.15, 0.2) is 5.75 Å². The zero-order valence-electron chi connectivity index (χ0n) is 10.1. The maximum atomic E-state index is 11.3. The first-order valence-corrected chi connectivity index (χ1v) is 5.72.